The van der Waals surface area contributed by atoms with Crippen LogP contribution in [0.2, 0.25) is 0 Å². The van der Waals surface area contributed by atoms with Crippen molar-refractivity contribution < 1.29 is 4.92 Å². The number of piperidine rings is 1. The van der Waals surface area contributed by atoms with E-state index in [1.54, 1.807) is 12.1 Å². The number of nitrogens with zero attached hydrogens (tertiary/aromatic N) is 1. The molecule has 0 radical (unpaired) electrons. The van der Waals surface area contributed by atoms with Gasteiger partial charge < -0.3 is 10.6 Å². The number of hydrogen-bond acceptors (Lipinski definition) is 4. The van der Waals surface area contributed by atoms with E-state index in [1.807, 2.05) is 13.0 Å². The van der Waals surface area contributed by atoms with Gasteiger partial charge in [0, 0.05) is 18.7 Å². The van der Waals surface area contributed by atoms with E-state index < -0.39 is 0 Å². The van der Waals surface area contributed by atoms with Crippen molar-refractivity contribution in [1.82, 2.24) is 5.32 Å². The molecule has 0 aromatic heterocycles. The van der Waals surface area contributed by atoms with Crippen molar-refractivity contribution in [2.45, 2.75) is 32.2 Å². The van der Waals surface area contributed by atoms with Crippen LogP contribution in [0, 0.1) is 17.0 Å². The second-order valence-corrected chi connectivity index (χ2v) is 4.81. The van der Waals surface area contributed by atoms with Crippen molar-refractivity contribution in [3.8, 4) is 0 Å². The molecular formula is C13H19N3O2. The third kappa shape index (κ3) is 3.20. The van der Waals surface area contributed by atoms with Crippen LogP contribution in [0.15, 0.2) is 18.2 Å². The summed E-state index contributed by atoms with van der Waals surface area (Å²) >= 11 is 0. The van der Waals surface area contributed by atoms with Crippen LogP contribution in [0.1, 0.15) is 24.8 Å². The summed E-state index contributed by atoms with van der Waals surface area (Å²) in [4.78, 5) is 10.6. The largest absolute Gasteiger partial charge is 0.378 e. The number of hydrogen-bond donors (Lipinski definition) is 2. The predicted octanol–water partition coefficient (Wildman–Crippen LogP) is 2.46. The lowest BCUT2D eigenvalue weighted by Crippen LogP contribution is -2.39. The highest BCUT2D eigenvalue weighted by molar-refractivity contribution is 5.62. The maximum Gasteiger partial charge on any atom is 0.292 e. The van der Waals surface area contributed by atoms with Gasteiger partial charge in [-0.15, -0.1) is 0 Å². The molecule has 2 rings (SSSR count). The average molecular weight is 249 g/mol. The molecule has 5 nitrogen and oxygen atoms in total. The fourth-order valence-electron chi connectivity index (χ4n) is 2.27. The monoisotopic (exact) mass is 249 g/mol. The molecule has 1 fully saturated rings. The van der Waals surface area contributed by atoms with Gasteiger partial charge in [-0.25, -0.2) is 0 Å². The molecule has 2 N–H and O–H groups in total. The fourth-order valence-corrected chi connectivity index (χ4v) is 2.27. The first-order chi connectivity index (χ1) is 8.66. The van der Waals surface area contributed by atoms with Gasteiger partial charge in [0.15, 0.2) is 0 Å². The Bertz CT molecular complexity index is 428. The van der Waals surface area contributed by atoms with Crippen molar-refractivity contribution in [2.24, 2.45) is 0 Å². The zero-order valence-electron chi connectivity index (χ0n) is 10.6. The maximum absolute atomic E-state index is 11.0. The SMILES string of the molecule is Cc1ccc(NCC2CCCCN2)c([N+](=O)[O-])c1. The molecule has 98 valence electrons. The summed E-state index contributed by atoms with van der Waals surface area (Å²) in [5, 5.41) is 17.6. The number of benzene rings is 1. The minimum atomic E-state index is -0.330. The van der Waals surface area contributed by atoms with E-state index in [0.717, 1.165) is 25.1 Å². The molecule has 0 amide bonds. The quantitative estimate of drug-likeness (QED) is 0.635. The van der Waals surface area contributed by atoms with Crippen molar-refractivity contribution in [2.75, 3.05) is 18.4 Å². The second-order valence-electron chi connectivity index (χ2n) is 4.81. The Morgan fingerprint density at radius 3 is 3.00 bits per heavy atom. The fraction of sp³-hybridized carbons (Fsp3) is 0.538. The van der Waals surface area contributed by atoms with Gasteiger partial charge in [-0.2, -0.15) is 0 Å². The topological polar surface area (TPSA) is 67.2 Å². The molecule has 0 spiro atoms. The summed E-state index contributed by atoms with van der Waals surface area (Å²) < 4.78 is 0. The average Bonchev–Trinajstić information content (AvgIpc) is 2.38. The minimum absolute atomic E-state index is 0.158. The molecule has 1 aliphatic heterocycles. The van der Waals surface area contributed by atoms with Crippen LogP contribution in [-0.2, 0) is 0 Å². The van der Waals surface area contributed by atoms with Crippen LogP contribution in [0.3, 0.4) is 0 Å². The molecule has 1 aliphatic rings. The van der Waals surface area contributed by atoms with E-state index in [4.69, 9.17) is 0 Å². The smallest absolute Gasteiger partial charge is 0.292 e. The Kier molecular flexibility index (Phi) is 4.15. The highest BCUT2D eigenvalue weighted by atomic mass is 16.6. The van der Waals surface area contributed by atoms with Gasteiger partial charge >= 0.3 is 0 Å². The molecule has 1 heterocycles. The van der Waals surface area contributed by atoms with Crippen molar-refractivity contribution in [3.05, 3.63) is 33.9 Å². The molecule has 0 bridgehead atoms. The first-order valence-corrected chi connectivity index (χ1v) is 6.39. The van der Waals surface area contributed by atoms with Gasteiger partial charge in [-0.05, 0) is 37.9 Å². The third-order valence-electron chi connectivity index (χ3n) is 3.30. The van der Waals surface area contributed by atoms with Gasteiger partial charge in [0.1, 0.15) is 5.69 Å². The van der Waals surface area contributed by atoms with Crippen LogP contribution in [0.25, 0.3) is 0 Å². The van der Waals surface area contributed by atoms with Crippen molar-refractivity contribution in [3.63, 3.8) is 0 Å². The van der Waals surface area contributed by atoms with Gasteiger partial charge in [0.2, 0.25) is 0 Å². The van der Waals surface area contributed by atoms with E-state index in [-0.39, 0.29) is 10.6 Å². The van der Waals surface area contributed by atoms with E-state index >= 15 is 0 Å². The number of nitro benzene ring substituents is 1. The van der Waals surface area contributed by atoms with Crippen LogP contribution >= 0.6 is 0 Å². The summed E-state index contributed by atoms with van der Waals surface area (Å²) in [6, 6.07) is 5.70. The molecular weight excluding hydrogens is 230 g/mol. The zero-order chi connectivity index (χ0) is 13.0. The normalized spacial score (nSPS) is 19.5. The highest BCUT2D eigenvalue weighted by Crippen LogP contribution is 2.25. The summed E-state index contributed by atoms with van der Waals surface area (Å²) in [6.45, 7) is 3.64. The van der Waals surface area contributed by atoms with Crippen LogP contribution in [-0.4, -0.2) is 24.1 Å². The van der Waals surface area contributed by atoms with Gasteiger partial charge in [0.25, 0.3) is 5.69 Å². The number of nitro groups is 1. The van der Waals surface area contributed by atoms with Gasteiger partial charge in [0.05, 0.1) is 4.92 Å². The molecule has 1 unspecified atom stereocenters. The van der Waals surface area contributed by atoms with Crippen molar-refractivity contribution >= 4 is 11.4 Å². The van der Waals surface area contributed by atoms with Crippen molar-refractivity contribution in [1.29, 1.82) is 0 Å². The molecule has 5 heteroatoms. The highest BCUT2D eigenvalue weighted by Gasteiger charge is 2.16. The molecule has 0 aliphatic carbocycles. The number of anilines is 1. The van der Waals surface area contributed by atoms with E-state index in [0.29, 0.717) is 11.7 Å². The number of nitrogens with one attached hydrogen (secondary N) is 2. The Morgan fingerprint density at radius 2 is 2.33 bits per heavy atom. The Balaban J connectivity index is 2.01. The molecule has 18 heavy (non-hydrogen) atoms. The second kappa shape index (κ2) is 5.82. The van der Waals surface area contributed by atoms with E-state index in [1.165, 1.54) is 12.8 Å². The zero-order valence-corrected chi connectivity index (χ0v) is 10.6. The Morgan fingerprint density at radius 1 is 1.50 bits per heavy atom. The summed E-state index contributed by atoms with van der Waals surface area (Å²) in [5.74, 6) is 0. The number of aryl methyl sites for hydroxylation is 1. The van der Waals surface area contributed by atoms with Crippen LogP contribution in [0.4, 0.5) is 11.4 Å². The summed E-state index contributed by atoms with van der Waals surface area (Å²) in [5.41, 5.74) is 1.67. The first-order valence-electron chi connectivity index (χ1n) is 6.39. The Hall–Kier alpha value is -1.62. The van der Waals surface area contributed by atoms with E-state index in [9.17, 15) is 10.1 Å². The molecule has 1 aromatic carbocycles. The maximum atomic E-state index is 11.0. The lowest BCUT2D eigenvalue weighted by atomic mass is 10.0. The standard InChI is InChI=1S/C13H19N3O2/c1-10-5-6-12(13(8-10)16(17)18)15-9-11-4-2-3-7-14-11/h5-6,8,11,14-15H,2-4,7,9H2,1H3. The predicted molar refractivity (Wildman–Crippen MR) is 72.0 cm³/mol. The summed E-state index contributed by atoms with van der Waals surface area (Å²) in [7, 11) is 0. The molecule has 1 atom stereocenters. The number of rotatable bonds is 4. The minimum Gasteiger partial charge on any atom is -0.378 e. The van der Waals surface area contributed by atoms with Crippen LogP contribution < -0.4 is 10.6 Å². The molecule has 0 saturated carbocycles. The first kappa shape index (κ1) is 12.8. The van der Waals surface area contributed by atoms with E-state index in [2.05, 4.69) is 10.6 Å². The lowest BCUT2D eigenvalue weighted by Gasteiger charge is -2.24. The Labute approximate surface area is 107 Å². The molecule has 1 saturated heterocycles. The van der Waals surface area contributed by atoms with Crippen LogP contribution in [0.5, 0.6) is 0 Å². The van der Waals surface area contributed by atoms with Gasteiger partial charge in [-0.1, -0.05) is 12.5 Å². The third-order valence-corrected chi connectivity index (χ3v) is 3.30. The lowest BCUT2D eigenvalue weighted by molar-refractivity contribution is -0.384. The summed E-state index contributed by atoms with van der Waals surface area (Å²) in [6.07, 6.45) is 3.59. The molecule has 1 aromatic rings. The van der Waals surface area contributed by atoms with Gasteiger partial charge in [-0.3, -0.25) is 10.1 Å².